The summed E-state index contributed by atoms with van der Waals surface area (Å²) < 4.78 is 6.25. The van der Waals surface area contributed by atoms with Gasteiger partial charge in [-0.15, -0.1) is 0 Å². The maximum atomic E-state index is 12.0. The summed E-state index contributed by atoms with van der Waals surface area (Å²) in [5.41, 5.74) is 0.660. The molecule has 8 heteroatoms. The number of aliphatic imine (C=N–C) groups is 1. The van der Waals surface area contributed by atoms with Crippen LogP contribution in [0.15, 0.2) is 33.7 Å². The van der Waals surface area contributed by atoms with Gasteiger partial charge in [0, 0.05) is 56.4 Å². The first-order valence-corrected chi connectivity index (χ1v) is 9.76. The topological polar surface area (TPSA) is 78.0 Å². The minimum absolute atomic E-state index is 0.0562. The number of guanidine groups is 1. The number of carbonyl (C=O) groups excluding carboxylic acids is 1. The number of rotatable bonds is 8. The van der Waals surface area contributed by atoms with Crippen LogP contribution in [0.25, 0.3) is 0 Å². The number of amides is 1. The molecular formula is C18H28BrN5O2. The van der Waals surface area contributed by atoms with Crippen molar-refractivity contribution in [1.82, 2.24) is 20.9 Å². The third-order valence-corrected chi connectivity index (χ3v) is 4.56. The molecule has 26 heavy (non-hydrogen) atoms. The van der Waals surface area contributed by atoms with Gasteiger partial charge in [0.2, 0.25) is 0 Å². The molecule has 0 spiro atoms. The first kappa shape index (κ1) is 20.7. The highest BCUT2D eigenvalue weighted by Gasteiger charge is 2.09. The summed E-state index contributed by atoms with van der Waals surface area (Å²) >= 11 is 3.37. The van der Waals surface area contributed by atoms with E-state index in [-0.39, 0.29) is 5.91 Å². The van der Waals surface area contributed by atoms with Crippen LogP contribution in [0.2, 0.25) is 0 Å². The van der Waals surface area contributed by atoms with Gasteiger partial charge in [0.25, 0.3) is 5.91 Å². The van der Waals surface area contributed by atoms with E-state index in [0.717, 1.165) is 62.8 Å². The summed E-state index contributed by atoms with van der Waals surface area (Å²) in [5.74, 6) is 0.732. The smallest absolute Gasteiger partial charge is 0.251 e. The lowest BCUT2D eigenvalue weighted by atomic mass is 10.2. The molecule has 1 saturated heterocycles. The SMILES string of the molecule is CN=C(NCCCNC(=O)c1cccc(Br)c1)NCCN1CCOCC1. The van der Waals surface area contributed by atoms with E-state index in [1.165, 1.54) is 0 Å². The highest BCUT2D eigenvalue weighted by atomic mass is 79.9. The predicted molar refractivity (Wildman–Crippen MR) is 108 cm³/mol. The van der Waals surface area contributed by atoms with E-state index in [4.69, 9.17) is 4.74 Å². The molecule has 0 aromatic heterocycles. The van der Waals surface area contributed by atoms with Gasteiger partial charge in [0.1, 0.15) is 0 Å². The zero-order valence-corrected chi connectivity index (χ0v) is 16.8. The molecule has 1 fully saturated rings. The molecule has 1 amide bonds. The van der Waals surface area contributed by atoms with Gasteiger partial charge in [-0.25, -0.2) is 0 Å². The summed E-state index contributed by atoms with van der Waals surface area (Å²) in [4.78, 5) is 18.6. The number of hydrogen-bond donors (Lipinski definition) is 3. The van der Waals surface area contributed by atoms with Crippen LogP contribution in [0.1, 0.15) is 16.8 Å². The van der Waals surface area contributed by atoms with E-state index in [1.54, 1.807) is 13.1 Å². The lowest BCUT2D eigenvalue weighted by Gasteiger charge is -2.26. The van der Waals surface area contributed by atoms with Crippen molar-refractivity contribution in [2.75, 3.05) is 59.5 Å². The number of halogens is 1. The van der Waals surface area contributed by atoms with Crippen molar-refractivity contribution in [1.29, 1.82) is 0 Å². The van der Waals surface area contributed by atoms with Crippen LogP contribution in [-0.4, -0.2) is 76.3 Å². The second-order valence-electron chi connectivity index (χ2n) is 6.00. The molecule has 2 rings (SSSR count). The van der Waals surface area contributed by atoms with Crippen molar-refractivity contribution in [3.8, 4) is 0 Å². The van der Waals surface area contributed by atoms with Crippen LogP contribution in [0, 0.1) is 0 Å². The number of hydrogen-bond acceptors (Lipinski definition) is 4. The number of nitrogens with one attached hydrogen (secondary N) is 3. The lowest BCUT2D eigenvalue weighted by Crippen LogP contribution is -2.44. The fraction of sp³-hybridized carbons (Fsp3) is 0.556. The quantitative estimate of drug-likeness (QED) is 0.329. The minimum Gasteiger partial charge on any atom is -0.379 e. The van der Waals surface area contributed by atoms with Gasteiger partial charge < -0.3 is 20.7 Å². The molecule has 3 N–H and O–H groups in total. The van der Waals surface area contributed by atoms with Crippen LogP contribution < -0.4 is 16.0 Å². The molecule has 0 unspecified atom stereocenters. The summed E-state index contributed by atoms with van der Waals surface area (Å²) in [5, 5.41) is 9.50. The highest BCUT2D eigenvalue weighted by molar-refractivity contribution is 9.10. The molecule has 1 aromatic rings. The van der Waals surface area contributed by atoms with Gasteiger partial charge in [-0.3, -0.25) is 14.7 Å². The van der Waals surface area contributed by atoms with Crippen LogP contribution in [0.4, 0.5) is 0 Å². The molecular weight excluding hydrogens is 398 g/mol. The first-order chi connectivity index (χ1) is 12.7. The van der Waals surface area contributed by atoms with Gasteiger partial charge >= 0.3 is 0 Å². The molecule has 1 aromatic carbocycles. The monoisotopic (exact) mass is 425 g/mol. The molecule has 1 aliphatic rings. The van der Waals surface area contributed by atoms with E-state index >= 15 is 0 Å². The van der Waals surface area contributed by atoms with Crippen molar-refractivity contribution in [2.24, 2.45) is 4.99 Å². The number of morpholine rings is 1. The summed E-state index contributed by atoms with van der Waals surface area (Å²) in [6.45, 7) is 6.80. The number of ether oxygens (including phenoxy) is 1. The molecule has 0 atom stereocenters. The molecule has 0 aliphatic carbocycles. The normalized spacial score (nSPS) is 15.5. The van der Waals surface area contributed by atoms with Gasteiger partial charge in [-0.1, -0.05) is 22.0 Å². The molecule has 0 radical (unpaired) electrons. The van der Waals surface area contributed by atoms with E-state index < -0.39 is 0 Å². The number of nitrogens with zero attached hydrogens (tertiary/aromatic N) is 2. The molecule has 1 heterocycles. The van der Waals surface area contributed by atoms with Crippen LogP contribution in [-0.2, 0) is 4.74 Å². The van der Waals surface area contributed by atoms with Crippen molar-refractivity contribution in [3.63, 3.8) is 0 Å². The van der Waals surface area contributed by atoms with Gasteiger partial charge in [0.15, 0.2) is 5.96 Å². The third kappa shape index (κ3) is 7.72. The van der Waals surface area contributed by atoms with Crippen molar-refractivity contribution >= 4 is 27.8 Å². The van der Waals surface area contributed by atoms with Crippen LogP contribution >= 0.6 is 15.9 Å². The standard InChI is InChI=1S/C18H28BrN5O2/c1-20-18(23-8-9-24-10-12-26-13-11-24)22-7-3-6-21-17(25)15-4-2-5-16(19)14-15/h2,4-5,14H,3,6-13H2,1H3,(H,21,25)(H2,20,22,23). The second-order valence-corrected chi connectivity index (χ2v) is 6.92. The maximum Gasteiger partial charge on any atom is 0.251 e. The summed E-state index contributed by atoms with van der Waals surface area (Å²) in [6.07, 6.45) is 0.823. The molecule has 144 valence electrons. The number of carbonyl (C=O) groups is 1. The van der Waals surface area contributed by atoms with E-state index in [0.29, 0.717) is 12.1 Å². The third-order valence-electron chi connectivity index (χ3n) is 4.07. The van der Waals surface area contributed by atoms with Gasteiger partial charge in [-0.2, -0.15) is 0 Å². The average Bonchev–Trinajstić information content (AvgIpc) is 2.67. The Labute approximate surface area is 163 Å². The highest BCUT2D eigenvalue weighted by Crippen LogP contribution is 2.11. The van der Waals surface area contributed by atoms with E-state index in [1.807, 2.05) is 18.2 Å². The fourth-order valence-corrected chi connectivity index (χ4v) is 3.01. The van der Waals surface area contributed by atoms with Crippen molar-refractivity contribution < 1.29 is 9.53 Å². The van der Waals surface area contributed by atoms with Crippen LogP contribution in [0.5, 0.6) is 0 Å². The van der Waals surface area contributed by atoms with E-state index in [2.05, 4.69) is 41.8 Å². The zero-order valence-electron chi connectivity index (χ0n) is 15.3. The fourth-order valence-electron chi connectivity index (χ4n) is 2.61. The Hall–Kier alpha value is -1.64. The second kappa shape index (κ2) is 11.9. The summed E-state index contributed by atoms with van der Waals surface area (Å²) in [7, 11) is 1.76. The van der Waals surface area contributed by atoms with Gasteiger partial charge in [-0.05, 0) is 24.6 Å². The van der Waals surface area contributed by atoms with Crippen LogP contribution in [0.3, 0.4) is 0 Å². The maximum absolute atomic E-state index is 12.0. The molecule has 0 saturated carbocycles. The Kier molecular flexibility index (Phi) is 9.44. The lowest BCUT2D eigenvalue weighted by molar-refractivity contribution is 0.0389. The van der Waals surface area contributed by atoms with E-state index in [9.17, 15) is 4.79 Å². The molecule has 0 bridgehead atoms. The molecule has 7 nitrogen and oxygen atoms in total. The predicted octanol–water partition coefficient (Wildman–Crippen LogP) is 1.07. The summed E-state index contributed by atoms with van der Waals surface area (Å²) in [6, 6.07) is 7.37. The Morgan fingerprint density at radius 2 is 1.92 bits per heavy atom. The average molecular weight is 426 g/mol. The Morgan fingerprint density at radius 1 is 1.19 bits per heavy atom. The van der Waals surface area contributed by atoms with Crippen molar-refractivity contribution in [3.05, 3.63) is 34.3 Å². The first-order valence-electron chi connectivity index (χ1n) is 8.97. The zero-order chi connectivity index (χ0) is 18.6. The number of benzene rings is 1. The Balaban J connectivity index is 1.55. The van der Waals surface area contributed by atoms with Gasteiger partial charge in [0.05, 0.1) is 13.2 Å². The molecule has 1 aliphatic heterocycles. The van der Waals surface area contributed by atoms with Crippen molar-refractivity contribution in [2.45, 2.75) is 6.42 Å². The Bertz CT molecular complexity index is 591. The Morgan fingerprint density at radius 3 is 2.65 bits per heavy atom. The largest absolute Gasteiger partial charge is 0.379 e. The minimum atomic E-state index is -0.0562.